The van der Waals surface area contributed by atoms with E-state index >= 15 is 0 Å². The molecule has 2 aromatic carbocycles. The molecule has 0 saturated carbocycles. The number of carbonyl (C=O) groups excluding carboxylic acids is 1. The summed E-state index contributed by atoms with van der Waals surface area (Å²) in [7, 11) is 0. The molecule has 0 unspecified atom stereocenters. The van der Waals surface area contributed by atoms with E-state index in [9.17, 15) is 4.79 Å². The van der Waals surface area contributed by atoms with E-state index in [0.717, 1.165) is 5.56 Å². The topological polar surface area (TPSA) is 64.9 Å². The lowest BCUT2D eigenvalue weighted by molar-refractivity contribution is -0.112. The van der Waals surface area contributed by atoms with Gasteiger partial charge in [0, 0.05) is 32.6 Å². The summed E-state index contributed by atoms with van der Waals surface area (Å²) >= 11 is 17.8. The Labute approximate surface area is 154 Å². The number of benzene rings is 2. The fourth-order valence-electron chi connectivity index (χ4n) is 1.81. The minimum Gasteiger partial charge on any atom is -0.360 e. The molecule has 0 fully saturated rings. The SMILES string of the molecule is Cc1ccc(NC(=O)/C(C#N)=C\Nc2cc(Cl)cc(Cl)c2)cc1Cl. The van der Waals surface area contributed by atoms with Gasteiger partial charge in [0.15, 0.2) is 0 Å². The number of nitrogens with one attached hydrogen (secondary N) is 2. The minimum absolute atomic E-state index is 0.109. The van der Waals surface area contributed by atoms with Crippen LogP contribution in [0.4, 0.5) is 11.4 Å². The van der Waals surface area contributed by atoms with Gasteiger partial charge < -0.3 is 10.6 Å². The van der Waals surface area contributed by atoms with E-state index in [1.165, 1.54) is 6.20 Å². The van der Waals surface area contributed by atoms with Gasteiger partial charge in [-0.25, -0.2) is 0 Å². The highest BCUT2D eigenvalue weighted by atomic mass is 35.5. The molecule has 0 aliphatic carbocycles. The second-order valence-corrected chi connectivity index (χ2v) is 6.17. The van der Waals surface area contributed by atoms with E-state index < -0.39 is 5.91 Å². The third-order valence-corrected chi connectivity index (χ3v) is 3.88. The summed E-state index contributed by atoms with van der Waals surface area (Å²) in [4.78, 5) is 12.2. The fraction of sp³-hybridized carbons (Fsp3) is 0.0588. The van der Waals surface area contributed by atoms with Crippen molar-refractivity contribution in [3.63, 3.8) is 0 Å². The van der Waals surface area contributed by atoms with Gasteiger partial charge in [0.2, 0.25) is 0 Å². The molecule has 0 saturated heterocycles. The lowest BCUT2D eigenvalue weighted by Gasteiger charge is -2.07. The summed E-state index contributed by atoms with van der Waals surface area (Å²) in [6.07, 6.45) is 1.28. The molecule has 0 aliphatic rings. The first-order chi connectivity index (χ1) is 11.4. The number of rotatable bonds is 4. The van der Waals surface area contributed by atoms with Crippen LogP contribution in [0.3, 0.4) is 0 Å². The third-order valence-electron chi connectivity index (χ3n) is 3.04. The summed E-state index contributed by atoms with van der Waals surface area (Å²) in [5.41, 5.74) is 1.85. The van der Waals surface area contributed by atoms with Crippen LogP contribution in [-0.2, 0) is 4.79 Å². The lowest BCUT2D eigenvalue weighted by atomic mass is 10.2. The Kier molecular flexibility index (Phi) is 6.10. The van der Waals surface area contributed by atoms with Crippen LogP contribution in [0.2, 0.25) is 15.1 Å². The Hall–Kier alpha value is -2.19. The summed E-state index contributed by atoms with van der Waals surface area (Å²) in [5, 5.41) is 16.0. The number of aryl methyl sites for hydroxylation is 1. The van der Waals surface area contributed by atoms with Gasteiger partial charge in [0.05, 0.1) is 0 Å². The second-order valence-electron chi connectivity index (χ2n) is 4.89. The molecule has 122 valence electrons. The molecule has 0 aromatic heterocycles. The minimum atomic E-state index is -0.557. The van der Waals surface area contributed by atoms with Gasteiger partial charge in [0.25, 0.3) is 5.91 Å². The van der Waals surface area contributed by atoms with E-state index in [1.54, 1.807) is 36.4 Å². The highest BCUT2D eigenvalue weighted by Crippen LogP contribution is 2.23. The molecule has 0 heterocycles. The summed E-state index contributed by atoms with van der Waals surface area (Å²) in [6, 6.07) is 11.8. The average molecular weight is 381 g/mol. The largest absolute Gasteiger partial charge is 0.360 e. The quantitative estimate of drug-likeness (QED) is 0.550. The van der Waals surface area contributed by atoms with Crippen molar-refractivity contribution in [1.82, 2.24) is 0 Å². The molecule has 2 N–H and O–H groups in total. The maximum Gasteiger partial charge on any atom is 0.267 e. The second kappa shape index (κ2) is 8.07. The normalized spacial score (nSPS) is 10.9. The number of halogens is 3. The molecule has 0 atom stereocenters. The van der Waals surface area contributed by atoms with Crippen molar-refractivity contribution in [3.05, 3.63) is 68.8 Å². The van der Waals surface area contributed by atoms with E-state index in [-0.39, 0.29) is 5.57 Å². The molecule has 2 rings (SSSR count). The molecule has 0 spiro atoms. The average Bonchev–Trinajstić information content (AvgIpc) is 2.50. The standard InChI is InChI=1S/C17H12Cl3N3O/c1-10-2-3-14(7-16(10)20)23-17(24)11(8-21)9-22-15-5-12(18)4-13(19)6-15/h2-7,9,22H,1H3,(H,23,24)/b11-9-. The number of amides is 1. The van der Waals surface area contributed by atoms with Crippen molar-refractivity contribution >= 4 is 52.1 Å². The molecule has 2 aromatic rings. The zero-order valence-electron chi connectivity index (χ0n) is 12.5. The highest BCUT2D eigenvalue weighted by Gasteiger charge is 2.10. The molecule has 0 bridgehead atoms. The van der Waals surface area contributed by atoms with Crippen molar-refractivity contribution in [1.29, 1.82) is 5.26 Å². The van der Waals surface area contributed by atoms with E-state index in [2.05, 4.69) is 10.6 Å². The number of hydrogen-bond donors (Lipinski definition) is 2. The Morgan fingerprint density at radius 3 is 2.33 bits per heavy atom. The van der Waals surface area contributed by atoms with Gasteiger partial charge in [-0.15, -0.1) is 0 Å². The molecular weight excluding hydrogens is 369 g/mol. The monoisotopic (exact) mass is 379 g/mol. The molecule has 1 amide bonds. The zero-order valence-corrected chi connectivity index (χ0v) is 14.8. The van der Waals surface area contributed by atoms with Crippen LogP contribution in [0.5, 0.6) is 0 Å². The molecule has 24 heavy (non-hydrogen) atoms. The summed E-state index contributed by atoms with van der Waals surface area (Å²) in [6.45, 7) is 1.86. The van der Waals surface area contributed by atoms with Crippen molar-refractivity contribution in [2.75, 3.05) is 10.6 Å². The van der Waals surface area contributed by atoms with E-state index in [4.69, 9.17) is 40.1 Å². The highest BCUT2D eigenvalue weighted by molar-refractivity contribution is 6.35. The Morgan fingerprint density at radius 1 is 1.08 bits per heavy atom. The predicted molar refractivity (Wildman–Crippen MR) is 98.6 cm³/mol. The Balaban J connectivity index is 2.13. The number of nitriles is 1. The predicted octanol–water partition coefficient (Wildman–Crippen LogP) is 5.41. The van der Waals surface area contributed by atoms with Crippen LogP contribution in [0.25, 0.3) is 0 Å². The summed E-state index contributed by atoms with van der Waals surface area (Å²) < 4.78 is 0. The van der Waals surface area contributed by atoms with Crippen LogP contribution in [0.1, 0.15) is 5.56 Å². The third kappa shape index (κ3) is 4.90. The van der Waals surface area contributed by atoms with Crippen LogP contribution < -0.4 is 10.6 Å². The number of nitrogens with zero attached hydrogens (tertiary/aromatic N) is 1. The first kappa shape index (κ1) is 18.2. The maximum atomic E-state index is 12.2. The molecule has 4 nitrogen and oxygen atoms in total. The number of anilines is 2. The van der Waals surface area contributed by atoms with Crippen molar-refractivity contribution in [3.8, 4) is 6.07 Å². The fourth-order valence-corrected chi connectivity index (χ4v) is 2.52. The Bertz CT molecular complexity index is 836. The maximum absolute atomic E-state index is 12.2. The van der Waals surface area contributed by atoms with Crippen molar-refractivity contribution in [2.24, 2.45) is 0 Å². The van der Waals surface area contributed by atoms with Gasteiger partial charge in [-0.05, 0) is 42.8 Å². The smallest absolute Gasteiger partial charge is 0.267 e. The van der Waals surface area contributed by atoms with Crippen LogP contribution >= 0.6 is 34.8 Å². The van der Waals surface area contributed by atoms with Gasteiger partial charge in [-0.2, -0.15) is 5.26 Å². The van der Waals surface area contributed by atoms with Gasteiger partial charge >= 0.3 is 0 Å². The van der Waals surface area contributed by atoms with E-state index in [1.807, 2.05) is 13.0 Å². The van der Waals surface area contributed by atoms with Gasteiger partial charge in [-0.3, -0.25) is 4.79 Å². The van der Waals surface area contributed by atoms with Gasteiger partial charge in [0.1, 0.15) is 11.6 Å². The summed E-state index contributed by atoms with van der Waals surface area (Å²) in [5.74, 6) is -0.557. The van der Waals surface area contributed by atoms with Crippen LogP contribution in [-0.4, -0.2) is 5.91 Å². The van der Waals surface area contributed by atoms with Crippen molar-refractivity contribution in [2.45, 2.75) is 6.92 Å². The Morgan fingerprint density at radius 2 is 1.75 bits per heavy atom. The van der Waals surface area contributed by atoms with Gasteiger partial charge in [-0.1, -0.05) is 40.9 Å². The van der Waals surface area contributed by atoms with Crippen LogP contribution in [0, 0.1) is 18.3 Å². The molecule has 7 heteroatoms. The van der Waals surface area contributed by atoms with Crippen molar-refractivity contribution < 1.29 is 4.79 Å². The van der Waals surface area contributed by atoms with E-state index in [0.29, 0.717) is 26.4 Å². The zero-order chi connectivity index (χ0) is 17.7. The number of carbonyl (C=O) groups is 1. The number of hydrogen-bond acceptors (Lipinski definition) is 3. The molecule has 0 radical (unpaired) electrons. The van der Waals surface area contributed by atoms with Crippen LogP contribution in [0.15, 0.2) is 48.2 Å². The first-order valence-corrected chi connectivity index (χ1v) is 7.93. The molecule has 0 aliphatic heterocycles. The molecular formula is C17H12Cl3N3O. The first-order valence-electron chi connectivity index (χ1n) is 6.79. The lowest BCUT2D eigenvalue weighted by Crippen LogP contribution is -2.14.